The molecule has 0 aliphatic carbocycles. The molecule has 0 aliphatic rings. The van der Waals surface area contributed by atoms with Crippen LogP contribution in [-0.2, 0) is 11.2 Å². The molecule has 2 rings (SSSR count). The summed E-state index contributed by atoms with van der Waals surface area (Å²) in [4.78, 5) is 12.4. The summed E-state index contributed by atoms with van der Waals surface area (Å²) in [6.07, 6.45) is 2.38. The summed E-state index contributed by atoms with van der Waals surface area (Å²) in [7, 11) is 1.65. The second kappa shape index (κ2) is 9.59. The van der Waals surface area contributed by atoms with Gasteiger partial charge in [0.25, 0.3) is 5.91 Å². The monoisotopic (exact) mass is 362 g/mol. The Labute approximate surface area is 161 Å². The number of methoxy groups -OCH3 is 1. The van der Waals surface area contributed by atoms with Crippen molar-refractivity contribution in [2.24, 2.45) is 0 Å². The quantitative estimate of drug-likeness (QED) is 0.587. The molecule has 0 aliphatic heterocycles. The van der Waals surface area contributed by atoms with Gasteiger partial charge >= 0.3 is 0 Å². The minimum Gasteiger partial charge on any atom is -0.496 e. The van der Waals surface area contributed by atoms with Crippen LogP contribution in [0.15, 0.2) is 48.0 Å². The van der Waals surface area contributed by atoms with E-state index >= 15 is 0 Å². The topological polar surface area (TPSA) is 62.1 Å². The van der Waals surface area contributed by atoms with Crippen LogP contribution < -0.4 is 10.1 Å². The van der Waals surface area contributed by atoms with E-state index in [1.54, 1.807) is 13.2 Å². The number of benzene rings is 2. The molecular weight excluding hydrogens is 336 g/mol. The fraction of sp³-hybridized carbons (Fsp3) is 0.304. The Bertz CT molecular complexity index is 862. The van der Waals surface area contributed by atoms with Crippen LogP contribution in [0, 0.1) is 18.3 Å². The van der Waals surface area contributed by atoms with Gasteiger partial charge in [-0.05, 0) is 59.7 Å². The first kappa shape index (κ1) is 20.3. The summed E-state index contributed by atoms with van der Waals surface area (Å²) in [5.41, 5.74) is 4.12. The summed E-state index contributed by atoms with van der Waals surface area (Å²) < 4.78 is 5.45. The number of carbonyl (C=O) groups excluding carboxylic acids is 1. The van der Waals surface area contributed by atoms with Gasteiger partial charge in [0.1, 0.15) is 17.4 Å². The van der Waals surface area contributed by atoms with Gasteiger partial charge in [-0.3, -0.25) is 4.79 Å². The van der Waals surface area contributed by atoms with Crippen molar-refractivity contribution in [1.29, 1.82) is 5.26 Å². The molecule has 0 bridgehead atoms. The number of nitriles is 1. The van der Waals surface area contributed by atoms with Crippen molar-refractivity contribution in [1.82, 2.24) is 5.32 Å². The van der Waals surface area contributed by atoms with Gasteiger partial charge in [0.05, 0.1) is 7.11 Å². The highest BCUT2D eigenvalue weighted by atomic mass is 16.5. The van der Waals surface area contributed by atoms with Crippen LogP contribution in [0.5, 0.6) is 5.75 Å². The predicted molar refractivity (Wildman–Crippen MR) is 109 cm³/mol. The zero-order valence-electron chi connectivity index (χ0n) is 16.4. The number of nitrogens with one attached hydrogen (secondary N) is 1. The minimum atomic E-state index is -0.352. The fourth-order valence-electron chi connectivity index (χ4n) is 2.86. The van der Waals surface area contributed by atoms with E-state index in [1.165, 1.54) is 0 Å². The maximum Gasteiger partial charge on any atom is 0.261 e. The summed E-state index contributed by atoms with van der Waals surface area (Å²) in [6.45, 7) is 6.60. The van der Waals surface area contributed by atoms with E-state index in [0.29, 0.717) is 6.54 Å². The van der Waals surface area contributed by atoms with Gasteiger partial charge in [0.2, 0.25) is 0 Å². The number of hydrogen-bond donors (Lipinski definition) is 1. The first-order valence-corrected chi connectivity index (χ1v) is 9.08. The molecular formula is C23H26N2O2. The number of rotatable bonds is 7. The van der Waals surface area contributed by atoms with Crippen LogP contribution in [0.4, 0.5) is 0 Å². The van der Waals surface area contributed by atoms with Gasteiger partial charge in [0.15, 0.2) is 0 Å². The molecule has 2 aromatic carbocycles. The van der Waals surface area contributed by atoms with Gasteiger partial charge in [0, 0.05) is 6.54 Å². The van der Waals surface area contributed by atoms with Gasteiger partial charge in [-0.1, -0.05) is 44.2 Å². The van der Waals surface area contributed by atoms with E-state index in [-0.39, 0.29) is 17.4 Å². The normalized spacial score (nSPS) is 11.2. The SMILES string of the molecule is COc1cc(C)c(/C=C(/C#N)C(=O)NCCc2ccccc2)cc1C(C)C. The summed E-state index contributed by atoms with van der Waals surface area (Å²) in [5.74, 6) is 0.748. The Hall–Kier alpha value is -3.06. The Balaban J connectivity index is 2.16. The fourth-order valence-corrected chi connectivity index (χ4v) is 2.86. The number of hydrogen-bond acceptors (Lipinski definition) is 3. The van der Waals surface area contributed by atoms with Crippen molar-refractivity contribution < 1.29 is 9.53 Å². The maximum atomic E-state index is 12.4. The molecule has 4 heteroatoms. The van der Waals surface area contributed by atoms with Crippen LogP contribution in [0.3, 0.4) is 0 Å². The molecule has 140 valence electrons. The summed E-state index contributed by atoms with van der Waals surface area (Å²) in [5, 5.41) is 12.3. The molecule has 0 saturated carbocycles. The summed E-state index contributed by atoms with van der Waals surface area (Å²) in [6, 6.07) is 15.9. The second-order valence-electron chi connectivity index (χ2n) is 6.77. The van der Waals surface area contributed by atoms with E-state index in [2.05, 4.69) is 19.2 Å². The molecule has 27 heavy (non-hydrogen) atoms. The molecule has 0 spiro atoms. The average Bonchev–Trinajstić information content (AvgIpc) is 2.67. The van der Waals surface area contributed by atoms with Gasteiger partial charge in [-0.15, -0.1) is 0 Å². The molecule has 0 heterocycles. The number of amides is 1. The maximum absolute atomic E-state index is 12.4. The highest BCUT2D eigenvalue weighted by molar-refractivity contribution is 6.01. The van der Waals surface area contributed by atoms with Crippen molar-refractivity contribution in [3.8, 4) is 11.8 Å². The van der Waals surface area contributed by atoms with Crippen molar-refractivity contribution in [2.45, 2.75) is 33.1 Å². The molecule has 0 aromatic heterocycles. The number of ether oxygens (including phenoxy) is 1. The first-order valence-electron chi connectivity index (χ1n) is 9.08. The first-order chi connectivity index (χ1) is 13.0. The molecule has 0 radical (unpaired) electrons. The van der Waals surface area contributed by atoms with Gasteiger partial charge in [-0.2, -0.15) is 5.26 Å². The molecule has 0 saturated heterocycles. The van der Waals surface area contributed by atoms with E-state index < -0.39 is 0 Å². The van der Waals surface area contributed by atoms with E-state index in [1.807, 2.05) is 55.5 Å². The smallest absolute Gasteiger partial charge is 0.261 e. The molecule has 0 atom stereocenters. The van der Waals surface area contributed by atoms with Crippen LogP contribution in [0.1, 0.15) is 42.0 Å². The zero-order valence-corrected chi connectivity index (χ0v) is 16.4. The van der Waals surface area contributed by atoms with Crippen molar-refractivity contribution in [3.05, 3.63) is 70.3 Å². The zero-order chi connectivity index (χ0) is 19.8. The van der Waals surface area contributed by atoms with Crippen molar-refractivity contribution >= 4 is 12.0 Å². The van der Waals surface area contributed by atoms with Gasteiger partial charge < -0.3 is 10.1 Å². The average molecular weight is 362 g/mol. The highest BCUT2D eigenvalue weighted by Gasteiger charge is 2.13. The molecule has 1 amide bonds. The van der Waals surface area contributed by atoms with Crippen LogP contribution in [0.2, 0.25) is 0 Å². The van der Waals surface area contributed by atoms with Crippen molar-refractivity contribution in [3.63, 3.8) is 0 Å². The van der Waals surface area contributed by atoms with Crippen LogP contribution in [0.25, 0.3) is 6.08 Å². The molecule has 0 fully saturated rings. The third-order valence-electron chi connectivity index (χ3n) is 4.45. The summed E-state index contributed by atoms with van der Waals surface area (Å²) >= 11 is 0. The standard InChI is InChI=1S/C23H26N2O2/c1-16(2)21-14-19(17(3)12-22(21)27-4)13-20(15-24)23(26)25-11-10-18-8-6-5-7-9-18/h5-9,12-14,16H,10-11H2,1-4H3,(H,25,26)/b20-13-. The molecule has 1 N–H and O–H groups in total. The third-order valence-corrected chi connectivity index (χ3v) is 4.45. The largest absolute Gasteiger partial charge is 0.496 e. The van der Waals surface area contributed by atoms with Crippen LogP contribution in [-0.4, -0.2) is 19.6 Å². The van der Waals surface area contributed by atoms with Crippen molar-refractivity contribution in [2.75, 3.05) is 13.7 Å². The third kappa shape index (κ3) is 5.46. The lowest BCUT2D eigenvalue weighted by atomic mass is 9.95. The highest BCUT2D eigenvalue weighted by Crippen LogP contribution is 2.30. The number of aryl methyl sites for hydroxylation is 1. The number of nitrogens with zero attached hydrogens (tertiary/aromatic N) is 1. The Morgan fingerprint density at radius 1 is 1.26 bits per heavy atom. The van der Waals surface area contributed by atoms with Crippen LogP contribution >= 0.6 is 0 Å². The van der Waals surface area contributed by atoms with E-state index in [0.717, 1.165) is 34.4 Å². The lowest BCUT2D eigenvalue weighted by Gasteiger charge is -2.15. The molecule has 4 nitrogen and oxygen atoms in total. The Morgan fingerprint density at radius 3 is 2.56 bits per heavy atom. The Kier molecular flexibility index (Phi) is 7.19. The van der Waals surface area contributed by atoms with E-state index in [4.69, 9.17) is 4.74 Å². The lowest BCUT2D eigenvalue weighted by molar-refractivity contribution is -0.117. The molecule has 0 unspecified atom stereocenters. The van der Waals surface area contributed by atoms with E-state index in [9.17, 15) is 10.1 Å². The second-order valence-corrected chi connectivity index (χ2v) is 6.77. The molecule has 2 aromatic rings. The Morgan fingerprint density at radius 2 is 1.96 bits per heavy atom. The minimum absolute atomic E-state index is 0.103. The predicted octanol–water partition coefficient (Wildman–Crippen LogP) is 4.39. The number of carbonyl (C=O) groups is 1. The lowest BCUT2D eigenvalue weighted by Crippen LogP contribution is -2.26. The van der Waals surface area contributed by atoms with Gasteiger partial charge in [-0.25, -0.2) is 0 Å².